The van der Waals surface area contributed by atoms with Crippen molar-refractivity contribution >= 4 is 44.8 Å². The molecule has 0 saturated heterocycles. The monoisotopic (exact) mass is 379 g/mol. The lowest BCUT2D eigenvalue weighted by Gasteiger charge is -2.17. The Labute approximate surface area is 153 Å². The van der Waals surface area contributed by atoms with Crippen LogP contribution in [0.5, 0.6) is 0 Å². The van der Waals surface area contributed by atoms with Gasteiger partial charge in [-0.2, -0.15) is 0 Å². The molecule has 3 aromatic rings. The molecule has 0 spiro atoms. The van der Waals surface area contributed by atoms with E-state index in [0.29, 0.717) is 21.5 Å². The smallest absolute Gasteiger partial charge is 0.267 e. The molecule has 0 N–H and O–H groups in total. The van der Waals surface area contributed by atoms with Gasteiger partial charge in [-0.25, -0.2) is 4.68 Å². The molecule has 0 radical (unpaired) electrons. The van der Waals surface area contributed by atoms with Gasteiger partial charge >= 0.3 is 0 Å². The van der Waals surface area contributed by atoms with Gasteiger partial charge in [0.25, 0.3) is 5.56 Å². The second kappa shape index (κ2) is 6.14. The standard InChI is InChI=1S/C17H15Cl2N3OS/c1-9-5-6-10-14(7-9)24-16-15(10)17(23)22(21-20-16)8-11-12(18)3-2-4-13(11)19/h2-4,9H,5-8H2,1H3/t9-/m0/s1. The molecule has 2 heterocycles. The molecule has 0 bridgehead atoms. The highest BCUT2D eigenvalue weighted by Gasteiger charge is 2.24. The summed E-state index contributed by atoms with van der Waals surface area (Å²) >= 11 is 14.0. The first kappa shape index (κ1) is 16.1. The number of fused-ring (bicyclic) bond motifs is 3. The summed E-state index contributed by atoms with van der Waals surface area (Å²) in [6, 6.07) is 5.30. The molecule has 1 aliphatic rings. The van der Waals surface area contributed by atoms with Gasteiger partial charge in [0.2, 0.25) is 0 Å². The number of hydrogen-bond acceptors (Lipinski definition) is 4. The Morgan fingerprint density at radius 1 is 1.33 bits per heavy atom. The van der Waals surface area contributed by atoms with Gasteiger partial charge in [0.05, 0.1) is 11.9 Å². The minimum absolute atomic E-state index is 0.108. The van der Waals surface area contributed by atoms with E-state index < -0.39 is 0 Å². The van der Waals surface area contributed by atoms with Crippen LogP contribution in [-0.4, -0.2) is 15.0 Å². The number of halogens is 2. The molecular formula is C17H15Cl2N3OS. The Hall–Kier alpha value is -1.43. The molecule has 1 aromatic carbocycles. The number of thiophene rings is 1. The van der Waals surface area contributed by atoms with Gasteiger partial charge in [0.15, 0.2) is 4.83 Å². The number of aryl methyl sites for hydroxylation is 1. The third-order valence-corrected chi connectivity index (χ3v) is 6.40. The predicted molar refractivity (Wildman–Crippen MR) is 98.4 cm³/mol. The SMILES string of the molecule is C[C@H]1CCc2c(sc3nnn(Cc4c(Cl)cccc4Cl)c(=O)c23)C1. The topological polar surface area (TPSA) is 47.8 Å². The molecule has 0 unspecified atom stereocenters. The summed E-state index contributed by atoms with van der Waals surface area (Å²) in [5.41, 5.74) is 1.74. The van der Waals surface area contributed by atoms with Crippen molar-refractivity contribution in [2.75, 3.05) is 0 Å². The maximum Gasteiger partial charge on any atom is 0.279 e. The Morgan fingerprint density at radius 2 is 2.08 bits per heavy atom. The Kier molecular flexibility index (Phi) is 4.11. The molecule has 0 amide bonds. The minimum Gasteiger partial charge on any atom is -0.267 e. The van der Waals surface area contributed by atoms with E-state index >= 15 is 0 Å². The van der Waals surface area contributed by atoms with E-state index in [1.807, 2.05) is 0 Å². The normalized spacial score (nSPS) is 17.2. The molecule has 1 aliphatic carbocycles. The van der Waals surface area contributed by atoms with E-state index in [1.54, 1.807) is 29.5 Å². The quantitative estimate of drug-likeness (QED) is 0.665. The molecule has 24 heavy (non-hydrogen) atoms. The minimum atomic E-state index is -0.108. The van der Waals surface area contributed by atoms with E-state index in [2.05, 4.69) is 17.2 Å². The van der Waals surface area contributed by atoms with Crippen LogP contribution < -0.4 is 5.56 Å². The summed E-state index contributed by atoms with van der Waals surface area (Å²) in [5, 5.41) is 10.1. The Balaban J connectivity index is 1.83. The largest absolute Gasteiger partial charge is 0.279 e. The molecule has 4 rings (SSSR count). The molecule has 1 atom stereocenters. The van der Waals surface area contributed by atoms with Gasteiger partial charge in [0.1, 0.15) is 0 Å². The van der Waals surface area contributed by atoms with Crippen molar-refractivity contribution in [3.63, 3.8) is 0 Å². The van der Waals surface area contributed by atoms with Crippen molar-refractivity contribution in [1.82, 2.24) is 15.0 Å². The first-order chi connectivity index (χ1) is 11.5. The van der Waals surface area contributed by atoms with Crippen molar-refractivity contribution in [3.05, 3.63) is 54.6 Å². The van der Waals surface area contributed by atoms with Crippen molar-refractivity contribution in [3.8, 4) is 0 Å². The second-order valence-corrected chi connectivity index (χ2v) is 8.18. The maximum absolute atomic E-state index is 13.0. The van der Waals surface area contributed by atoms with Crippen molar-refractivity contribution in [2.45, 2.75) is 32.7 Å². The lowest BCUT2D eigenvalue weighted by molar-refractivity contribution is 0.508. The van der Waals surface area contributed by atoms with Gasteiger partial charge in [-0.05, 0) is 42.9 Å². The van der Waals surface area contributed by atoms with Gasteiger partial charge in [-0.15, -0.1) is 16.4 Å². The van der Waals surface area contributed by atoms with Crippen molar-refractivity contribution < 1.29 is 0 Å². The summed E-state index contributed by atoms with van der Waals surface area (Å²) in [6.07, 6.45) is 3.06. The molecule has 7 heteroatoms. The van der Waals surface area contributed by atoms with Gasteiger partial charge in [-0.3, -0.25) is 4.79 Å². The summed E-state index contributed by atoms with van der Waals surface area (Å²) in [4.78, 5) is 15.0. The van der Waals surface area contributed by atoms with Gasteiger partial charge < -0.3 is 0 Å². The number of nitrogens with zero attached hydrogens (tertiary/aromatic N) is 3. The van der Waals surface area contributed by atoms with Crippen LogP contribution in [0, 0.1) is 5.92 Å². The fraction of sp³-hybridized carbons (Fsp3) is 0.353. The van der Waals surface area contributed by atoms with Crippen molar-refractivity contribution in [1.29, 1.82) is 0 Å². The Morgan fingerprint density at radius 3 is 2.83 bits per heavy atom. The fourth-order valence-corrected chi connectivity index (χ4v) is 5.06. The zero-order chi connectivity index (χ0) is 16.8. The molecule has 124 valence electrons. The molecule has 0 fully saturated rings. The zero-order valence-electron chi connectivity index (χ0n) is 13.1. The summed E-state index contributed by atoms with van der Waals surface area (Å²) in [6.45, 7) is 2.47. The van der Waals surface area contributed by atoms with Crippen LogP contribution in [0.25, 0.3) is 10.2 Å². The van der Waals surface area contributed by atoms with Crippen LogP contribution in [0.1, 0.15) is 29.3 Å². The molecule has 0 aliphatic heterocycles. The molecule has 0 saturated carbocycles. The van der Waals surface area contributed by atoms with E-state index in [4.69, 9.17) is 23.2 Å². The predicted octanol–water partition coefficient (Wildman–Crippen LogP) is 4.33. The fourth-order valence-electron chi connectivity index (χ4n) is 3.23. The number of aromatic nitrogens is 3. The number of rotatable bonds is 2. The third-order valence-electron chi connectivity index (χ3n) is 4.55. The lowest BCUT2D eigenvalue weighted by atomic mass is 9.89. The first-order valence-corrected chi connectivity index (χ1v) is 9.42. The van der Waals surface area contributed by atoms with Gasteiger partial charge in [-0.1, -0.05) is 41.4 Å². The van der Waals surface area contributed by atoms with E-state index in [9.17, 15) is 4.79 Å². The highest BCUT2D eigenvalue weighted by molar-refractivity contribution is 7.18. The highest BCUT2D eigenvalue weighted by Crippen LogP contribution is 2.35. The van der Waals surface area contributed by atoms with Crippen LogP contribution >= 0.6 is 34.5 Å². The van der Waals surface area contributed by atoms with Crippen molar-refractivity contribution in [2.24, 2.45) is 5.92 Å². The lowest BCUT2D eigenvalue weighted by Crippen LogP contribution is -2.25. The maximum atomic E-state index is 13.0. The van der Waals surface area contributed by atoms with E-state index in [-0.39, 0.29) is 12.1 Å². The van der Waals surface area contributed by atoms with Crippen LogP contribution in [-0.2, 0) is 19.4 Å². The second-order valence-electron chi connectivity index (χ2n) is 6.28. The average Bonchev–Trinajstić information content (AvgIpc) is 2.91. The zero-order valence-corrected chi connectivity index (χ0v) is 15.4. The molecular weight excluding hydrogens is 365 g/mol. The summed E-state index contributed by atoms with van der Waals surface area (Å²) in [7, 11) is 0. The van der Waals surface area contributed by atoms with E-state index in [1.165, 1.54) is 9.56 Å². The van der Waals surface area contributed by atoms with E-state index in [0.717, 1.165) is 35.0 Å². The molecule has 4 nitrogen and oxygen atoms in total. The van der Waals surface area contributed by atoms with Crippen LogP contribution in [0.4, 0.5) is 0 Å². The number of hydrogen-bond donors (Lipinski definition) is 0. The first-order valence-electron chi connectivity index (χ1n) is 7.85. The summed E-state index contributed by atoms with van der Waals surface area (Å²) < 4.78 is 1.36. The average molecular weight is 380 g/mol. The van der Waals surface area contributed by atoms with Crippen LogP contribution in [0.2, 0.25) is 10.0 Å². The summed E-state index contributed by atoms with van der Waals surface area (Å²) in [5.74, 6) is 0.655. The van der Waals surface area contributed by atoms with Crippen LogP contribution in [0.15, 0.2) is 23.0 Å². The highest BCUT2D eigenvalue weighted by atomic mass is 35.5. The van der Waals surface area contributed by atoms with Gasteiger partial charge in [0, 0.05) is 20.5 Å². The third kappa shape index (κ3) is 2.65. The Bertz CT molecular complexity index is 975. The molecule has 2 aromatic heterocycles. The number of benzene rings is 1. The van der Waals surface area contributed by atoms with Crippen LogP contribution in [0.3, 0.4) is 0 Å².